The molecule has 0 aliphatic heterocycles. The maximum atomic E-state index is 13.4. The van der Waals surface area contributed by atoms with Crippen LogP contribution in [0.25, 0.3) is 11.3 Å². The lowest BCUT2D eigenvalue weighted by Crippen LogP contribution is -2.38. The molecule has 37 heavy (non-hydrogen) atoms. The minimum atomic E-state index is -3.47. The quantitative estimate of drug-likeness (QED) is 0.325. The van der Waals surface area contributed by atoms with Crippen LogP contribution >= 0.6 is 0 Å². The van der Waals surface area contributed by atoms with E-state index in [4.69, 9.17) is 4.74 Å². The molecule has 3 aromatic rings. The first-order valence-electron chi connectivity index (χ1n) is 12.9. The van der Waals surface area contributed by atoms with Crippen molar-refractivity contribution < 1.29 is 17.9 Å². The number of nitrogens with zero attached hydrogens (tertiary/aromatic N) is 2. The predicted octanol–water partition coefficient (Wildman–Crippen LogP) is 4.95. The van der Waals surface area contributed by atoms with E-state index in [1.165, 1.54) is 0 Å². The van der Waals surface area contributed by atoms with Gasteiger partial charge in [-0.3, -0.25) is 5.10 Å². The summed E-state index contributed by atoms with van der Waals surface area (Å²) in [5.41, 5.74) is 2.89. The van der Waals surface area contributed by atoms with Crippen molar-refractivity contribution in [2.45, 2.75) is 87.5 Å². The molecule has 2 heterocycles. The summed E-state index contributed by atoms with van der Waals surface area (Å²) in [6, 6.07) is 7.34. The van der Waals surface area contributed by atoms with Gasteiger partial charge >= 0.3 is 6.09 Å². The number of ether oxygens (including phenoxy) is 1. The molecule has 0 unspecified atom stereocenters. The molecule has 2 aliphatic carbocycles. The first-order valence-corrected chi connectivity index (χ1v) is 14.4. The average molecular weight is 527 g/mol. The Labute approximate surface area is 216 Å². The summed E-state index contributed by atoms with van der Waals surface area (Å²) < 4.78 is 31.9. The lowest BCUT2D eigenvalue weighted by molar-refractivity contribution is 0.109. The third-order valence-corrected chi connectivity index (χ3v) is 9.19. The van der Waals surface area contributed by atoms with Crippen LogP contribution in [-0.4, -0.2) is 52.1 Å². The van der Waals surface area contributed by atoms with Gasteiger partial charge in [0.15, 0.2) is 15.7 Å². The number of hydrogen-bond acceptors (Lipinski definition) is 7. The number of carbonyl (C=O) groups is 1. The van der Waals surface area contributed by atoms with Gasteiger partial charge in [-0.25, -0.2) is 18.2 Å². The van der Waals surface area contributed by atoms with Crippen LogP contribution in [0.3, 0.4) is 0 Å². The van der Waals surface area contributed by atoms with E-state index in [2.05, 4.69) is 30.8 Å². The molecular weight excluding hydrogens is 492 g/mol. The van der Waals surface area contributed by atoms with E-state index in [0.717, 1.165) is 37.2 Å². The molecule has 2 saturated carbocycles. The predicted molar refractivity (Wildman–Crippen MR) is 141 cm³/mol. The molecule has 0 spiro atoms. The number of nitrogens with one attached hydrogen (secondary N) is 4. The Bertz CT molecular complexity index is 1370. The van der Waals surface area contributed by atoms with Crippen molar-refractivity contribution in [2.75, 3.05) is 5.32 Å². The van der Waals surface area contributed by atoms with Crippen LogP contribution in [0.15, 0.2) is 35.4 Å². The van der Waals surface area contributed by atoms with Gasteiger partial charge in [0, 0.05) is 35.0 Å². The Balaban J connectivity index is 1.33. The van der Waals surface area contributed by atoms with E-state index < -0.39 is 9.84 Å². The van der Waals surface area contributed by atoms with E-state index in [1.807, 2.05) is 39.0 Å². The summed E-state index contributed by atoms with van der Waals surface area (Å²) in [5, 5.41) is 12.9. The molecule has 2 aliphatic rings. The van der Waals surface area contributed by atoms with Crippen LogP contribution in [-0.2, 0) is 14.6 Å². The topological polar surface area (TPSA) is 142 Å². The van der Waals surface area contributed by atoms with E-state index >= 15 is 0 Å². The molecule has 1 amide bonds. The smallest absolute Gasteiger partial charge is 0.407 e. The number of carbonyl (C=O) groups excluding carboxylic acids is 1. The van der Waals surface area contributed by atoms with Crippen molar-refractivity contribution in [1.82, 2.24) is 25.5 Å². The molecule has 0 atom stereocenters. The third-order valence-electron chi connectivity index (χ3n) is 6.89. The maximum Gasteiger partial charge on any atom is 0.407 e. The fourth-order valence-electron chi connectivity index (χ4n) is 4.85. The lowest BCUT2D eigenvalue weighted by Gasteiger charge is -2.28. The van der Waals surface area contributed by atoms with Crippen molar-refractivity contribution in [3.8, 4) is 11.3 Å². The number of rotatable bonds is 8. The van der Waals surface area contributed by atoms with E-state index in [0.29, 0.717) is 40.5 Å². The molecular formula is C26H34N6O4S. The van der Waals surface area contributed by atoms with E-state index in [9.17, 15) is 13.2 Å². The number of amides is 1. The number of aromatic nitrogens is 4. The van der Waals surface area contributed by atoms with Gasteiger partial charge in [0.25, 0.3) is 0 Å². The molecule has 0 saturated heterocycles. The van der Waals surface area contributed by atoms with Crippen molar-refractivity contribution in [3.63, 3.8) is 0 Å². The zero-order chi connectivity index (χ0) is 26.2. The Hall–Kier alpha value is -3.34. The molecule has 198 valence electrons. The lowest BCUT2D eigenvalue weighted by atomic mass is 9.85. The number of aromatic amines is 2. The van der Waals surface area contributed by atoms with Gasteiger partial charge in [0.05, 0.1) is 28.1 Å². The molecule has 2 aromatic heterocycles. The normalized spacial score (nSPS) is 20.1. The largest absolute Gasteiger partial charge is 0.447 e. The highest BCUT2D eigenvalue weighted by atomic mass is 32.2. The number of anilines is 2. The van der Waals surface area contributed by atoms with E-state index in [-0.39, 0.29) is 29.4 Å². The standard InChI is InChI=1S/C26H34N6O4S/c1-15(2)36-26(33)29-18-6-4-17(5-7-18)25-27-14-22(30-25)21-11-8-19(28-24-12-16(3)31-32-24)13-23(21)37(34,35)20-9-10-20/h8,11-15,17-18,20H,4-7,9-10H2,1-3H3,(H,27,30)(H,29,33)(H2,28,31,32). The molecule has 5 rings (SSSR count). The summed E-state index contributed by atoms with van der Waals surface area (Å²) in [4.78, 5) is 20.2. The zero-order valence-corrected chi connectivity index (χ0v) is 22.2. The van der Waals surface area contributed by atoms with Gasteiger partial charge in [-0.1, -0.05) is 0 Å². The summed E-state index contributed by atoms with van der Waals surface area (Å²) in [6.07, 6.45) is 6.00. The number of H-pyrrole nitrogens is 2. The number of sulfone groups is 1. The van der Waals surface area contributed by atoms with Crippen LogP contribution in [0.4, 0.5) is 16.3 Å². The Morgan fingerprint density at radius 1 is 1.11 bits per heavy atom. The fourth-order valence-corrected chi connectivity index (χ4v) is 6.74. The average Bonchev–Trinajstić information content (AvgIpc) is 3.48. The third kappa shape index (κ3) is 5.82. The summed E-state index contributed by atoms with van der Waals surface area (Å²) in [5.74, 6) is 1.70. The minimum Gasteiger partial charge on any atom is -0.447 e. The van der Waals surface area contributed by atoms with Crippen molar-refractivity contribution in [3.05, 3.63) is 42.0 Å². The molecule has 0 radical (unpaired) electrons. The highest BCUT2D eigenvalue weighted by molar-refractivity contribution is 7.92. The van der Waals surface area contributed by atoms with Gasteiger partial charge in [-0.05, 0) is 77.5 Å². The number of benzene rings is 1. The summed E-state index contributed by atoms with van der Waals surface area (Å²) >= 11 is 0. The highest BCUT2D eigenvalue weighted by Gasteiger charge is 2.38. The van der Waals surface area contributed by atoms with E-state index in [1.54, 1.807) is 12.3 Å². The second-order valence-corrected chi connectivity index (χ2v) is 12.5. The van der Waals surface area contributed by atoms with Gasteiger partial charge in [0.1, 0.15) is 5.82 Å². The van der Waals surface area contributed by atoms with Crippen LogP contribution in [0, 0.1) is 6.92 Å². The highest BCUT2D eigenvalue weighted by Crippen LogP contribution is 2.40. The fraction of sp³-hybridized carbons (Fsp3) is 0.500. The van der Waals surface area contributed by atoms with Gasteiger partial charge < -0.3 is 20.4 Å². The molecule has 4 N–H and O–H groups in total. The van der Waals surface area contributed by atoms with Crippen molar-refractivity contribution in [1.29, 1.82) is 0 Å². The minimum absolute atomic E-state index is 0.0885. The Kier molecular flexibility index (Phi) is 6.98. The summed E-state index contributed by atoms with van der Waals surface area (Å²) in [6.45, 7) is 5.57. The van der Waals surface area contributed by atoms with Gasteiger partial charge in [-0.15, -0.1) is 0 Å². The number of alkyl carbamates (subject to hydrolysis) is 1. The maximum absolute atomic E-state index is 13.4. The Morgan fingerprint density at radius 2 is 1.86 bits per heavy atom. The first-order chi connectivity index (χ1) is 17.7. The number of hydrogen-bond donors (Lipinski definition) is 4. The molecule has 0 bridgehead atoms. The molecule has 11 heteroatoms. The Morgan fingerprint density at radius 3 is 2.51 bits per heavy atom. The number of aryl methyl sites for hydroxylation is 1. The molecule has 1 aromatic carbocycles. The van der Waals surface area contributed by atoms with Gasteiger partial charge in [-0.2, -0.15) is 5.10 Å². The second kappa shape index (κ2) is 10.2. The first kappa shape index (κ1) is 25.3. The SMILES string of the molecule is Cc1cc(Nc2ccc(-c3cnc(C4CCC(NC(=O)OC(C)C)CC4)[nH]3)c(S(=O)(=O)C3CC3)c2)n[nH]1. The van der Waals surface area contributed by atoms with Crippen LogP contribution in [0.5, 0.6) is 0 Å². The number of imidazole rings is 1. The molecule has 10 nitrogen and oxygen atoms in total. The molecule has 2 fully saturated rings. The van der Waals surface area contributed by atoms with Gasteiger partial charge in [0.2, 0.25) is 0 Å². The van der Waals surface area contributed by atoms with Crippen molar-refractivity contribution in [2.24, 2.45) is 0 Å². The van der Waals surface area contributed by atoms with Crippen LogP contribution in [0.2, 0.25) is 0 Å². The van der Waals surface area contributed by atoms with Crippen LogP contribution in [0.1, 0.15) is 69.8 Å². The van der Waals surface area contributed by atoms with Crippen LogP contribution < -0.4 is 10.6 Å². The second-order valence-electron chi connectivity index (χ2n) is 10.3. The monoisotopic (exact) mass is 526 g/mol. The zero-order valence-electron chi connectivity index (χ0n) is 21.4. The summed E-state index contributed by atoms with van der Waals surface area (Å²) in [7, 11) is -3.47. The van der Waals surface area contributed by atoms with Crippen molar-refractivity contribution >= 4 is 27.4 Å².